The van der Waals surface area contributed by atoms with Crippen molar-refractivity contribution in [2.24, 2.45) is 0 Å². The van der Waals surface area contributed by atoms with Crippen molar-refractivity contribution < 1.29 is 8.42 Å². The molecule has 92 valence electrons. The molecule has 0 spiro atoms. The number of sulfonamides is 1. The Kier molecular flexibility index (Phi) is 4.55. The summed E-state index contributed by atoms with van der Waals surface area (Å²) < 4.78 is 26.2. The molecule has 17 heavy (non-hydrogen) atoms. The van der Waals surface area contributed by atoms with Crippen LogP contribution in [0.5, 0.6) is 0 Å². The molecule has 1 aromatic rings. The van der Waals surface area contributed by atoms with Gasteiger partial charge in [-0.15, -0.1) is 12.3 Å². The molecule has 0 fully saturated rings. The number of benzene rings is 1. The van der Waals surface area contributed by atoms with Crippen LogP contribution in [0.25, 0.3) is 0 Å². The molecule has 0 aliphatic carbocycles. The lowest BCUT2D eigenvalue weighted by Gasteiger charge is -2.07. The lowest BCUT2D eigenvalue weighted by atomic mass is 10.2. The van der Waals surface area contributed by atoms with E-state index in [1.807, 2.05) is 0 Å². The second-order valence-electron chi connectivity index (χ2n) is 3.72. The van der Waals surface area contributed by atoms with Gasteiger partial charge in [0, 0.05) is 18.7 Å². The molecule has 0 bridgehead atoms. The topological polar surface area (TPSA) is 72.2 Å². The number of terminal acetylenes is 1. The van der Waals surface area contributed by atoms with Crippen molar-refractivity contribution in [3.05, 3.63) is 23.8 Å². The second kappa shape index (κ2) is 5.71. The van der Waals surface area contributed by atoms with Crippen LogP contribution in [0.3, 0.4) is 0 Å². The molecule has 0 radical (unpaired) electrons. The second-order valence-corrected chi connectivity index (χ2v) is 5.49. The molecule has 3 N–H and O–H groups in total. The van der Waals surface area contributed by atoms with E-state index in [2.05, 4.69) is 10.6 Å². The van der Waals surface area contributed by atoms with Gasteiger partial charge in [-0.2, -0.15) is 0 Å². The van der Waals surface area contributed by atoms with E-state index in [4.69, 9.17) is 12.2 Å². The van der Waals surface area contributed by atoms with Crippen molar-refractivity contribution in [1.29, 1.82) is 0 Å². The Morgan fingerprint density at radius 1 is 1.47 bits per heavy atom. The molecule has 0 amide bonds. The smallest absolute Gasteiger partial charge is 0.240 e. The summed E-state index contributed by atoms with van der Waals surface area (Å²) >= 11 is 0. The van der Waals surface area contributed by atoms with Crippen molar-refractivity contribution in [3.8, 4) is 12.3 Å². The monoisotopic (exact) mass is 252 g/mol. The summed E-state index contributed by atoms with van der Waals surface area (Å²) in [5, 5.41) is 0. The summed E-state index contributed by atoms with van der Waals surface area (Å²) in [5.41, 5.74) is 6.96. The van der Waals surface area contributed by atoms with Crippen LogP contribution in [0.1, 0.15) is 18.4 Å². The number of aryl methyl sites for hydroxylation is 1. The zero-order chi connectivity index (χ0) is 12.9. The molecule has 0 saturated carbocycles. The van der Waals surface area contributed by atoms with Gasteiger partial charge in [-0.05, 0) is 37.1 Å². The first kappa shape index (κ1) is 13.6. The summed E-state index contributed by atoms with van der Waals surface area (Å²) in [7, 11) is -3.45. The maximum atomic E-state index is 11.9. The van der Waals surface area contributed by atoms with E-state index >= 15 is 0 Å². The summed E-state index contributed by atoms with van der Waals surface area (Å²) in [4.78, 5) is 0.227. The zero-order valence-electron chi connectivity index (χ0n) is 9.73. The number of anilines is 1. The minimum atomic E-state index is -3.45. The molecule has 0 aliphatic heterocycles. The minimum Gasteiger partial charge on any atom is -0.399 e. The predicted octanol–water partition coefficient (Wildman–Crippen LogP) is 1.27. The summed E-state index contributed by atoms with van der Waals surface area (Å²) in [6.45, 7) is 2.11. The third-order valence-corrected chi connectivity index (χ3v) is 3.80. The van der Waals surface area contributed by atoms with Crippen molar-refractivity contribution in [2.75, 3.05) is 12.3 Å². The number of hydrogen-bond acceptors (Lipinski definition) is 3. The number of nitrogens with two attached hydrogens (primary N) is 1. The fourth-order valence-electron chi connectivity index (χ4n) is 1.30. The normalized spacial score (nSPS) is 11.1. The number of nitrogens with one attached hydrogen (secondary N) is 1. The van der Waals surface area contributed by atoms with E-state index in [0.717, 1.165) is 5.56 Å². The standard InChI is InChI=1S/C12H16N2O2S/c1-3-4-5-8-14-17(15,16)11-6-7-12(13)10(2)9-11/h1,6-7,9,14H,4-5,8,13H2,2H3. The highest BCUT2D eigenvalue weighted by atomic mass is 32.2. The predicted molar refractivity (Wildman–Crippen MR) is 68.8 cm³/mol. The maximum absolute atomic E-state index is 11.9. The molecule has 0 heterocycles. The van der Waals surface area contributed by atoms with E-state index in [1.54, 1.807) is 19.1 Å². The zero-order valence-corrected chi connectivity index (χ0v) is 10.5. The number of rotatable bonds is 5. The van der Waals surface area contributed by atoms with E-state index in [9.17, 15) is 8.42 Å². The van der Waals surface area contributed by atoms with Crippen molar-refractivity contribution >= 4 is 15.7 Å². The van der Waals surface area contributed by atoms with Crippen LogP contribution in [0.2, 0.25) is 0 Å². The lowest BCUT2D eigenvalue weighted by Crippen LogP contribution is -2.24. The van der Waals surface area contributed by atoms with Gasteiger partial charge in [0.25, 0.3) is 0 Å². The Bertz CT molecular complexity index is 530. The highest BCUT2D eigenvalue weighted by Crippen LogP contribution is 2.16. The van der Waals surface area contributed by atoms with Crippen LogP contribution in [0, 0.1) is 19.3 Å². The number of hydrogen-bond donors (Lipinski definition) is 2. The molecule has 0 aromatic heterocycles. The Labute approximate surface area is 102 Å². The van der Waals surface area contributed by atoms with Gasteiger partial charge in [0.1, 0.15) is 0 Å². The van der Waals surface area contributed by atoms with Crippen molar-refractivity contribution in [2.45, 2.75) is 24.7 Å². The largest absolute Gasteiger partial charge is 0.399 e. The maximum Gasteiger partial charge on any atom is 0.240 e. The molecule has 1 aromatic carbocycles. The summed E-state index contributed by atoms with van der Waals surface area (Å²) in [6.07, 6.45) is 6.27. The molecule has 4 nitrogen and oxygen atoms in total. The fraction of sp³-hybridized carbons (Fsp3) is 0.333. The SMILES string of the molecule is C#CCCCNS(=O)(=O)c1ccc(N)c(C)c1. The third kappa shape index (κ3) is 3.77. The highest BCUT2D eigenvalue weighted by molar-refractivity contribution is 7.89. The Morgan fingerprint density at radius 2 is 2.18 bits per heavy atom. The van der Waals surface area contributed by atoms with Crippen LogP contribution in [0.4, 0.5) is 5.69 Å². The first-order chi connectivity index (χ1) is 7.97. The molecule has 0 unspecified atom stereocenters. The average molecular weight is 252 g/mol. The molecule has 1 rings (SSSR count). The van der Waals surface area contributed by atoms with Gasteiger partial charge in [0.2, 0.25) is 10.0 Å². The van der Waals surface area contributed by atoms with Gasteiger partial charge in [0.15, 0.2) is 0 Å². The molecule has 0 saturated heterocycles. The number of nitrogen functional groups attached to an aromatic ring is 1. The summed E-state index contributed by atoms with van der Waals surface area (Å²) in [6, 6.07) is 4.63. The van der Waals surface area contributed by atoms with Gasteiger partial charge in [0.05, 0.1) is 4.90 Å². The Balaban J connectivity index is 2.76. The van der Waals surface area contributed by atoms with E-state index in [0.29, 0.717) is 25.1 Å². The molecule has 0 aliphatic rings. The number of unbranched alkanes of at least 4 members (excludes halogenated alkanes) is 1. The van der Waals surface area contributed by atoms with E-state index < -0.39 is 10.0 Å². The fourth-order valence-corrected chi connectivity index (χ4v) is 2.45. The van der Waals surface area contributed by atoms with E-state index in [-0.39, 0.29) is 4.90 Å². The molecular weight excluding hydrogens is 236 g/mol. The molecule has 0 atom stereocenters. The summed E-state index contributed by atoms with van der Waals surface area (Å²) in [5.74, 6) is 2.46. The van der Waals surface area contributed by atoms with Gasteiger partial charge in [-0.1, -0.05) is 0 Å². The van der Waals surface area contributed by atoms with Gasteiger partial charge >= 0.3 is 0 Å². The quantitative estimate of drug-likeness (QED) is 0.471. The van der Waals surface area contributed by atoms with Crippen LogP contribution in [-0.2, 0) is 10.0 Å². The van der Waals surface area contributed by atoms with Gasteiger partial charge in [-0.25, -0.2) is 13.1 Å². The lowest BCUT2D eigenvalue weighted by molar-refractivity contribution is 0.579. The van der Waals surface area contributed by atoms with Crippen molar-refractivity contribution in [3.63, 3.8) is 0 Å². The van der Waals surface area contributed by atoms with Crippen LogP contribution in [-0.4, -0.2) is 15.0 Å². The Morgan fingerprint density at radius 3 is 2.76 bits per heavy atom. The minimum absolute atomic E-state index is 0.227. The van der Waals surface area contributed by atoms with Crippen LogP contribution < -0.4 is 10.5 Å². The molecule has 5 heteroatoms. The highest BCUT2D eigenvalue weighted by Gasteiger charge is 2.13. The first-order valence-corrected chi connectivity index (χ1v) is 6.75. The Hall–Kier alpha value is -1.51. The average Bonchev–Trinajstić information content (AvgIpc) is 2.28. The van der Waals surface area contributed by atoms with Crippen molar-refractivity contribution in [1.82, 2.24) is 4.72 Å². The van der Waals surface area contributed by atoms with Crippen LogP contribution >= 0.6 is 0 Å². The van der Waals surface area contributed by atoms with Gasteiger partial charge in [-0.3, -0.25) is 0 Å². The third-order valence-electron chi connectivity index (χ3n) is 2.34. The molecular formula is C12H16N2O2S. The van der Waals surface area contributed by atoms with E-state index in [1.165, 1.54) is 6.07 Å². The first-order valence-electron chi connectivity index (χ1n) is 5.26. The van der Waals surface area contributed by atoms with Crippen LogP contribution in [0.15, 0.2) is 23.1 Å². The van der Waals surface area contributed by atoms with Gasteiger partial charge < -0.3 is 5.73 Å².